The molecule has 8 nitrogen and oxygen atoms in total. The van der Waals surface area contributed by atoms with Gasteiger partial charge in [0.2, 0.25) is 0 Å². The predicted octanol–water partition coefficient (Wildman–Crippen LogP) is 3.37. The fourth-order valence-corrected chi connectivity index (χ4v) is 3.75. The number of carbonyl (C=O) groups excluding carboxylic acids is 3. The summed E-state index contributed by atoms with van der Waals surface area (Å²) in [6.45, 7) is 8.34. The van der Waals surface area contributed by atoms with E-state index in [2.05, 4.69) is 29.0 Å². The number of hydrogen-bond donors (Lipinski definition) is 2. The Morgan fingerprint density at radius 1 is 1.26 bits per heavy atom. The largest absolute Gasteiger partial charge is 0.451 e. The summed E-state index contributed by atoms with van der Waals surface area (Å²) in [5.74, 6) is -1.19. The summed E-state index contributed by atoms with van der Waals surface area (Å²) >= 11 is 0. The van der Waals surface area contributed by atoms with Crippen molar-refractivity contribution in [2.75, 3.05) is 6.61 Å². The fraction of sp³-hybridized carbons (Fsp3) is 0.565. The number of nitrogens with zero attached hydrogens (tertiary/aromatic N) is 2. The second-order valence-corrected chi connectivity index (χ2v) is 8.43. The number of nitrogens with one attached hydrogen (secondary N) is 2. The second kappa shape index (κ2) is 11.3. The monoisotopic (exact) mass is 428 g/mol. The van der Waals surface area contributed by atoms with Crippen LogP contribution in [0.5, 0.6) is 0 Å². The van der Waals surface area contributed by atoms with Gasteiger partial charge in [-0.1, -0.05) is 33.1 Å². The Kier molecular flexibility index (Phi) is 8.86. The topological polar surface area (TPSA) is 113 Å². The molecule has 1 aromatic rings. The van der Waals surface area contributed by atoms with E-state index in [1.54, 1.807) is 0 Å². The molecule has 168 valence electrons. The van der Waals surface area contributed by atoms with E-state index in [4.69, 9.17) is 4.74 Å². The van der Waals surface area contributed by atoms with E-state index >= 15 is 0 Å². The van der Waals surface area contributed by atoms with Crippen LogP contribution in [0.3, 0.4) is 0 Å². The lowest BCUT2D eigenvalue weighted by atomic mass is 9.96. The summed E-state index contributed by atoms with van der Waals surface area (Å²) in [5.41, 5.74) is 2.53. The molecule has 3 amide bonds. The minimum atomic E-state index is -0.904. The van der Waals surface area contributed by atoms with Crippen molar-refractivity contribution in [1.82, 2.24) is 15.2 Å². The van der Waals surface area contributed by atoms with Crippen LogP contribution in [-0.4, -0.2) is 35.1 Å². The molecule has 1 aliphatic carbocycles. The summed E-state index contributed by atoms with van der Waals surface area (Å²) in [6.07, 6.45) is 6.52. The molecule has 0 bridgehead atoms. The molecule has 31 heavy (non-hydrogen) atoms. The number of esters is 1. The van der Waals surface area contributed by atoms with Crippen molar-refractivity contribution in [2.45, 2.75) is 72.4 Å². The predicted molar refractivity (Wildman–Crippen MR) is 117 cm³/mol. The zero-order chi connectivity index (χ0) is 23.0. The molecule has 2 N–H and O–H groups in total. The summed E-state index contributed by atoms with van der Waals surface area (Å²) < 4.78 is 7.07. The van der Waals surface area contributed by atoms with Gasteiger partial charge in [-0.2, -0.15) is 5.26 Å². The normalized spacial score (nSPS) is 14.8. The molecule has 1 aromatic heterocycles. The van der Waals surface area contributed by atoms with E-state index in [0.717, 1.165) is 55.6 Å². The first-order valence-electron chi connectivity index (χ1n) is 10.8. The first-order valence-corrected chi connectivity index (χ1v) is 10.8. The molecular weight excluding hydrogens is 396 g/mol. The molecule has 1 saturated carbocycles. The molecule has 0 saturated heterocycles. The summed E-state index contributed by atoms with van der Waals surface area (Å²) in [7, 11) is 0. The average Bonchev–Trinajstić information content (AvgIpc) is 2.97. The van der Waals surface area contributed by atoms with E-state index in [-0.39, 0.29) is 11.6 Å². The van der Waals surface area contributed by atoms with Gasteiger partial charge in [-0.3, -0.25) is 10.1 Å². The summed E-state index contributed by atoms with van der Waals surface area (Å²) in [5, 5.41) is 14.3. The Bertz CT molecular complexity index is 886. The van der Waals surface area contributed by atoms with Crippen molar-refractivity contribution in [2.24, 2.45) is 5.92 Å². The molecule has 0 spiro atoms. The lowest BCUT2D eigenvalue weighted by molar-refractivity contribution is -0.144. The third-order valence-corrected chi connectivity index (χ3v) is 5.33. The molecule has 8 heteroatoms. The van der Waals surface area contributed by atoms with Gasteiger partial charge in [0.05, 0.1) is 0 Å². The highest BCUT2D eigenvalue weighted by Gasteiger charge is 2.19. The molecule has 0 atom stereocenters. The van der Waals surface area contributed by atoms with Gasteiger partial charge in [0.25, 0.3) is 5.91 Å². The van der Waals surface area contributed by atoms with Crippen LogP contribution in [-0.2, 0) is 20.9 Å². The average molecular weight is 429 g/mol. The van der Waals surface area contributed by atoms with Gasteiger partial charge in [-0.25, -0.2) is 9.59 Å². The number of ether oxygens (including phenoxy) is 1. The van der Waals surface area contributed by atoms with Crippen molar-refractivity contribution in [3.63, 3.8) is 0 Å². The smallest absolute Gasteiger partial charge is 0.349 e. The third-order valence-electron chi connectivity index (χ3n) is 5.33. The lowest BCUT2D eigenvalue weighted by Gasteiger charge is -2.22. The lowest BCUT2D eigenvalue weighted by Crippen LogP contribution is -2.46. The van der Waals surface area contributed by atoms with Gasteiger partial charge in [0, 0.05) is 24.0 Å². The van der Waals surface area contributed by atoms with E-state index in [1.807, 2.05) is 26.0 Å². The Hall–Kier alpha value is -3.08. The second-order valence-electron chi connectivity index (χ2n) is 8.43. The van der Waals surface area contributed by atoms with Crippen LogP contribution < -0.4 is 10.6 Å². The summed E-state index contributed by atoms with van der Waals surface area (Å²) in [4.78, 5) is 36.1. The number of amides is 3. The molecular formula is C23H32N4O4. The number of nitriles is 1. The van der Waals surface area contributed by atoms with Crippen LogP contribution in [0.15, 0.2) is 11.6 Å². The maximum absolute atomic E-state index is 12.3. The van der Waals surface area contributed by atoms with Gasteiger partial charge >= 0.3 is 12.0 Å². The van der Waals surface area contributed by atoms with E-state index < -0.39 is 24.5 Å². The van der Waals surface area contributed by atoms with Gasteiger partial charge in [-0.15, -0.1) is 0 Å². The third kappa shape index (κ3) is 7.28. The molecule has 0 unspecified atom stereocenters. The summed E-state index contributed by atoms with van der Waals surface area (Å²) in [6, 6.07) is 3.21. The quantitative estimate of drug-likeness (QED) is 0.393. The maximum Gasteiger partial charge on any atom is 0.349 e. The molecule has 0 aromatic carbocycles. The minimum Gasteiger partial charge on any atom is -0.451 e. The van der Waals surface area contributed by atoms with Crippen LogP contribution >= 0.6 is 0 Å². The zero-order valence-corrected chi connectivity index (χ0v) is 18.8. The highest BCUT2D eigenvalue weighted by Crippen LogP contribution is 2.20. The van der Waals surface area contributed by atoms with Gasteiger partial charge in [0.15, 0.2) is 6.61 Å². The zero-order valence-electron chi connectivity index (χ0n) is 18.8. The highest BCUT2D eigenvalue weighted by molar-refractivity contribution is 6.00. The van der Waals surface area contributed by atoms with Crippen LogP contribution in [0.25, 0.3) is 6.08 Å². The van der Waals surface area contributed by atoms with E-state index in [9.17, 15) is 19.6 Å². The van der Waals surface area contributed by atoms with Crippen LogP contribution in [0.1, 0.15) is 62.9 Å². The molecule has 1 heterocycles. The van der Waals surface area contributed by atoms with Gasteiger partial charge in [-0.05, 0) is 50.3 Å². The van der Waals surface area contributed by atoms with Crippen LogP contribution in [0.2, 0.25) is 0 Å². The Labute approximate surface area is 183 Å². The minimum absolute atomic E-state index is 0.0620. The number of aryl methyl sites for hydroxylation is 1. The molecule has 1 aliphatic rings. The van der Waals surface area contributed by atoms with Gasteiger partial charge in [0.1, 0.15) is 11.6 Å². The Morgan fingerprint density at radius 3 is 2.55 bits per heavy atom. The van der Waals surface area contributed by atoms with Crippen molar-refractivity contribution in [3.05, 3.63) is 28.6 Å². The molecule has 1 fully saturated rings. The SMILES string of the molecule is Cc1cc(/C=C(\C#N)C(=O)OCC(=O)NC(=O)NC2CCCCC2)c(C)n1CC(C)C. The van der Waals surface area contributed by atoms with Gasteiger partial charge < -0.3 is 14.6 Å². The van der Waals surface area contributed by atoms with Crippen LogP contribution in [0, 0.1) is 31.1 Å². The number of imide groups is 1. The number of aromatic nitrogens is 1. The molecule has 0 aliphatic heterocycles. The Morgan fingerprint density at radius 2 is 1.94 bits per heavy atom. The first-order chi connectivity index (χ1) is 14.7. The van der Waals surface area contributed by atoms with Crippen molar-refractivity contribution in [3.8, 4) is 6.07 Å². The Balaban J connectivity index is 1.92. The van der Waals surface area contributed by atoms with E-state index in [1.165, 1.54) is 6.08 Å². The molecule has 0 radical (unpaired) electrons. The molecule has 2 rings (SSSR count). The van der Waals surface area contributed by atoms with E-state index in [0.29, 0.717) is 5.92 Å². The van der Waals surface area contributed by atoms with Crippen molar-refractivity contribution >= 4 is 24.0 Å². The fourth-order valence-electron chi connectivity index (χ4n) is 3.75. The number of carbonyl (C=O) groups is 3. The number of hydrogen-bond acceptors (Lipinski definition) is 5. The number of urea groups is 1. The highest BCUT2D eigenvalue weighted by atomic mass is 16.5. The maximum atomic E-state index is 12.3. The van der Waals surface area contributed by atoms with Crippen molar-refractivity contribution in [1.29, 1.82) is 5.26 Å². The van der Waals surface area contributed by atoms with Crippen molar-refractivity contribution < 1.29 is 19.1 Å². The van der Waals surface area contributed by atoms with Crippen LogP contribution in [0.4, 0.5) is 4.79 Å². The first kappa shape index (κ1) is 24.2. The number of rotatable bonds is 7. The standard InChI is InChI=1S/C23H32N4O4/c1-15(2)13-27-16(3)10-18(17(27)4)11-19(12-24)22(29)31-14-21(28)26-23(30)25-20-8-6-5-7-9-20/h10-11,15,20H,5-9,13-14H2,1-4H3,(H2,25,26,28,30)/b19-11+.